The predicted octanol–water partition coefficient (Wildman–Crippen LogP) is 7.29. The van der Waals surface area contributed by atoms with Crippen LogP contribution in [0.2, 0.25) is 0 Å². The Morgan fingerprint density at radius 1 is 0.810 bits per heavy atom. The minimum absolute atomic E-state index is 0.893. The molecule has 0 aromatic carbocycles. The van der Waals surface area contributed by atoms with E-state index in [1.165, 1.54) is 96.3 Å². The number of rotatable bonds is 9. The molecular weight excluding hydrogens is 252 g/mol. The second kappa shape index (κ2) is 9.70. The molecule has 0 heterocycles. The van der Waals surface area contributed by atoms with Crippen molar-refractivity contribution >= 4 is 0 Å². The van der Waals surface area contributed by atoms with Gasteiger partial charge in [-0.15, -0.1) is 0 Å². The lowest BCUT2D eigenvalue weighted by atomic mass is 9.63. The van der Waals surface area contributed by atoms with Crippen LogP contribution in [0.15, 0.2) is 12.2 Å². The van der Waals surface area contributed by atoms with Crippen molar-refractivity contribution in [1.82, 2.24) is 0 Å². The zero-order valence-electron chi connectivity index (χ0n) is 14.5. The molecule has 21 heavy (non-hydrogen) atoms. The molecule has 0 N–H and O–H groups in total. The number of hydrogen-bond acceptors (Lipinski definition) is 0. The first-order valence-corrected chi connectivity index (χ1v) is 10.0. The van der Waals surface area contributed by atoms with E-state index >= 15 is 0 Å². The van der Waals surface area contributed by atoms with Crippen LogP contribution in [0.3, 0.4) is 0 Å². The molecule has 0 aliphatic heterocycles. The van der Waals surface area contributed by atoms with E-state index < -0.39 is 0 Å². The summed E-state index contributed by atoms with van der Waals surface area (Å²) in [6, 6.07) is 0. The highest BCUT2D eigenvalue weighted by molar-refractivity contribution is 5.06. The molecule has 0 spiro atoms. The molecular formula is C21H38. The number of unbranched alkanes of at least 4 members (excludes halogenated alkanes) is 6. The van der Waals surface area contributed by atoms with E-state index in [1.807, 2.05) is 0 Å². The highest BCUT2D eigenvalue weighted by Crippen LogP contribution is 2.46. The van der Waals surface area contributed by atoms with Crippen LogP contribution in [-0.2, 0) is 0 Å². The molecule has 2 saturated carbocycles. The van der Waals surface area contributed by atoms with E-state index in [0.29, 0.717) is 0 Å². The summed E-state index contributed by atoms with van der Waals surface area (Å²) in [6.07, 6.45) is 21.8. The minimum Gasteiger partial charge on any atom is -0.0996 e. The van der Waals surface area contributed by atoms with Crippen molar-refractivity contribution in [2.75, 3.05) is 0 Å². The molecule has 122 valence electrons. The summed E-state index contributed by atoms with van der Waals surface area (Å²) in [5.74, 6) is 2.97. The van der Waals surface area contributed by atoms with Crippen molar-refractivity contribution in [3.05, 3.63) is 12.2 Å². The summed E-state index contributed by atoms with van der Waals surface area (Å²) in [6.45, 7) is 6.81. The molecule has 0 amide bonds. The molecule has 0 aromatic rings. The lowest BCUT2D eigenvalue weighted by molar-refractivity contribution is 0.121. The van der Waals surface area contributed by atoms with E-state index in [1.54, 1.807) is 5.57 Å². The summed E-state index contributed by atoms with van der Waals surface area (Å²) < 4.78 is 0. The monoisotopic (exact) mass is 290 g/mol. The molecule has 3 atom stereocenters. The molecule has 0 heteroatoms. The van der Waals surface area contributed by atoms with Crippen LogP contribution < -0.4 is 0 Å². The Morgan fingerprint density at radius 3 is 2.29 bits per heavy atom. The van der Waals surface area contributed by atoms with Gasteiger partial charge in [0.1, 0.15) is 0 Å². The normalized spacial score (nSPS) is 29.1. The predicted molar refractivity (Wildman–Crippen MR) is 94.5 cm³/mol. The SMILES string of the molecule is C=C(CCCCCCCCC)C1CCCC2CCCCC21. The first kappa shape index (κ1) is 17.1. The van der Waals surface area contributed by atoms with Crippen LogP contribution in [0.5, 0.6) is 0 Å². The second-order valence-corrected chi connectivity index (χ2v) is 7.78. The van der Waals surface area contributed by atoms with Gasteiger partial charge < -0.3 is 0 Å². The Hall–Kier alpha value is -0.260. The van der Waals surface area contributed by atoms with Crippen LogP contribution >= 0.6 is 0 Å². The zero-order valence-corrected chi connectivity index (χ0v) is 14.5. The van der Waals surface area contributed by atoms with Crippen molar-refractivity contribution in [3.63, 3.8) is 0 Å². The number of allylic oxidation sites excluding steroid dienone is 1. The highest BCUT2D eigenvalue weighted by atomic mass is 14.4. The molecule has 0 nitrogen and oxygen atoms in total. The molecule has 3 unspecified atom stereocenters. The minimum atomic E-state index is 0.893. The molecule has 2 aliphatic rings. The fourth-order valence-corrected chi connectivity index (χ4v) is 4.94. The van der Waals surface area contributed by atoms with Crippen molar-refractivity contribution in [3.8, 4) is 0 Å². The fraction of sp³-hybridized carbons (Fsp3) is 0.905. The summed E-state index contributed by atoms with van der Waals surface area (Å²) in [5.41, 5.74) is 1.63. The molecule has 2 aliphatic carbocycles. The molecule has 0 radical (unpaired) electrons. The average molecular weight is 291 g/mol. The lowest BCUT2D eigenvalue weighted by Gasteiger charge is -2.42. The third-order valence-electron chi connectivity index (χ3n) is 6.20. The highest BCUT2D eigenvalue weighted by Gasteiger charge is 2.35. The maximum atomic E-state index is 4.52. The number of hydrogen-bond donors (Lipinski definition) is 0. The van der Waals surface area contributed by atoms with E-state index in [0.717, 1.165) is 17.8 Å². The maximum Gasteiger partial charge on any atom is -0.0175 e. The molecule has 0 bridgehead atoms. The molecule has 0 aromatic heterocycles. The van der Waals surface area contributed by atoms with Gasteiger partial charge in [-0.05, 0) is 43.4 Å². The van der Waals surface area contributed by atoms with Crippen molar-refractivity contribution in [2.24, 2.45) is 17.8 Å². The summed E-state index contributed by atoms with van der Waals surface area (Å²) in [5, 5.41) is 0. The third-order valence-corrected chi connectivity index (χ3v) is 6.20. The van der Waals surface area contributed by atoms with Crippen molar-refractivity contribution in [1.29, 1.82) is 0 Å². The van der Waals surface area contributed by atoms with Crippen LogP contribution in [0.4, 0.5) is 0 Å². The Kier molecular flexibility index (Phi) is 7.89. The quantitative estimate of drug-likeness (QED) is 0.309. The lowest BCUT2D eigenvalue weighted by Crippen LogP contribution is -2.31. The van der Waals surface area contributed by atoms with E-state index in [-0.39, 0.29) is 0 Å². The molecule has 2 fully saturated rings. The van der Waals surface area contributed by atoms with Gasteiger partial charge >= 0.3 is 0 Å². The van der Waals surface area contributed by atoms with Crippen molar-refractivity contribution in [2.45, 2.75) is 103 Å². The van der Waals surface area contributed by atoms with Gasteiger partial charge in [-0.2, -0.15) is 0 Å². The van der Waals surface area contributed by atoms with Gasteiger partial charge in [-0.3, -0.25) is 0 Å². The van der Waals surface area contributed by atoms with Gasteiger partial charge in [0.25, 0.3) is 0 Å². The van der Waals surface area contributed by atoms with Crippen LogP contribution in [0.25, 0.3) is 0 Å². The van der Waals surface area contributed by atoms with Crippen LogP contribution in [0.1, 0.15) is 103 Å². The van der Waals surface area contributed by atoms with Crippen LogP contribution in [0, 0.1) is 17.8 Å². The Labute approximate surface area is 133 Å². The summed E-state index contributed by atoms with van der Waals surface area (Å²) in [4.78, 5) is 0. The van der Waals surface area contributed by atoms with Gasteiger partial charge in [0.05, 0.1) is 0 Å². The Morgan fingerprint density at radius 2 is 1.48 bits per heavy atom. The average Bonchev–Trinajstić information content (AvgIpc) is 2.53. The van der Waals surface area contributed by atoms with Crippen molar-refractivity contribution < 1.29 is 0 Å². The third kappa shape index (κ3) is 5.46. The smallest absolute Gasteiger partial charge is 0.0175 e. The van der Waals surface area contributed by atoms with Gasteiger partial charge in [-0.25, -0.2) is 0 Å². The fourth-order valence-electron chi connectivity index (χ4n) is 4.94. The van der Waals surface area contributed by atoms with E-state index in [2.05, 4.69) is 13.5 Å². The zero-order chi connectivity index (χ0) is 14.9. The summed E-state index contributed by atoms with van der Waals surface area (Å²) >= 11 is 0. The Bertz CT molecular complexity index is 288. The number of fused-ring (bicyclic) bond motifs is 1. The first-order valence-electron chi connectivity index (χ1n) is 10.0. The van der Waals surface area contributed by atoms with E-state index in [9.17, 15) is 0 Å². The van der Waals surface area contributed by atoms with Gasteiger partial charge in [-0.1, -0.05) is 89.7 Å². The molecule has 2 rings (SSSR count). The Balaban J connectivity index is 1.63. The first-order chi connectivity index (χ1) is 10.3. The van der Waals surface area contributed by atoms with Gasteiger partial charge in [0, 0.05) is 0 Å². The van der Waals surface area contributed by atoms with Gasteiger partial charge in [0.15, 0.2) is 0 Å². The standard InChI is InChI=1S/C21H38/c1-3-4-5-6-7-8-9-13-18(2)20-17-12-15-19-14-10-11-16-21(19)20/h19-21H,2-17H2,1H3. The van der Waals surface area contributed by atoms with E-state index in [4.69, 9.17) is 0 Å². The van der Waals surface area contributed by atoms with Crippen LogP contribution in [-0.4, -0.2) is 0 Å². The molecule has 0 saturated heterocycles. The van der Waals surface area contributed by atoms with Gasteiger partial charge in [0.2, 0.25) is 0 Å². The summed E-state index contributed by atoms with van der Waals surface area (Å²) in [7, 11) is 0. The largest absolute Gasteiger partial charge is 0.0996 e. The maximum absolute atomic E-state index is 4.52. The topological polar surface area (TPSA) is 0 Å². The second-order valence-electron chi connectivity index (χ2n) is 7.78.